The van der Waals surface area contributed by atoms with Crippen LogP contribution < -0.4 is 10.6 Å². The predicted octanol–water partition coefficient (Wildman–Crippen LogP) is 11.4. The van der Waals surface area contributed by atoms with E-state index in [2.05, 4.69) is 143 Å². The highest BCUT2D eigenvalue weighted by atomic mass is 15.0. The van der Waals surface area contributed by atoms with Crippen LogP contribution in [-0.4, -0.2) is 0 Å². The molecule has 0 bridgehead atoms. The summed E-state index contributed by atoms with van der Waals surface area (Å²) in [7, 11) is 0. The summed E-state index contributed by atoms with van der Waals surface area (Å²) < 4.78 is 0. The highest BCUT2D eigenvalue weighted by molar-refractivity contribution is 5.80. The average molecular weight is 533 g/mol. The Bertz CT molecular complexity index is 1330. The Morgan fingerprint density at radius 3 is 1.90 bits per heavy atom. The van der Waals surface area contributed by atoms with Gasteiger partial charge in [0.1, 0.15) is 0 Å². The normalized spacial score (nSPS) is 13.4. The van der Waals surface area contributed by atoms with Crippen LogP contribution >= 0.6 is 0 Å². The summed E-state index contributed by atoms with van der Waals surface area (Å²) in [6.45, 7) is 13.8. The second-order valence-corrected chi connectivity index (χ2v) is 11.9. The van der Waals surface area contributed by atoms with Crippen LogP contribution in [-0.2, 0) is 11.8 Å². The van der Waals surface area contributed by atoms with Crippen LogP contribution in [0.3, 0.4) is 0 Å². The van der Waals surface area contributed by atoms with Gasteiger partial charge in [0.2, 0.25) is 0 Å². The Labute approximate surface area is 243 Å². The first-order chi connectivity index (χ1) is 19.3. The fourth-order valence-corrected chi connectivity index (χ4v) is 6.05. The summed E-state index contributed by atoms with van der Waals surface area (Å²) in [6.07, 6.45) is 7.07. The molecule has 2 heteroatoms. The van der Waals surface area contributed by atoms with Gasteiger partial charge in [-0.15, -0.1) is 0 Å². The number of benzene rings is 4. The van der Waals surface area contributed by atoms with Crippen molar-refractivity contribution >= 4 is 22.7 Å². The molecule has 0 radical (unpaired) electrons. The summed E-state index contributed by atoms with van der Waals surface area (Å²) in [4.78, 5) is 0. The third-order valence-electron chi connectivity index (χ3n) is 8.50. The zero-order valence-electron chi connectivity index (χ0n) is 25.5. The first-order valence-electron chi connectivity index (χ1n) is 15.2. The minimum absolute atomic E-state index is 0.208. The van der Waals surface area contributed by atoms with E-state index in [1.165, 1.54) is 59.2 Å². The molecular formula is C38H48N2. The maximum Gasteiger partial charge on any atom is 0.0623 e. The fraction of sp³-hybridized carbons (Fsp3) is 0.368. The van der Waals surface area contributed by atoms with E-state index in [1.807, 2.05) is 0 Å². The largest absolute Gasteiger partial charge is 0.354 e. The SMILES string of the molecule is CCCC(C)c1cc(C)c(Nc2ccccc2Nc2ccc(CCC(C)(CCC)c3ccccc3)cc2)c(C)c1. The first-order valence-corrected chi connectivity index (χ1v) is 15.2. The molecule has 0 aliphatic carbocycles. The number of hydrogen-bond acceptors (Lipinski definition) is 2. The van der Waals surface area contributed by atoms with Crippen LogP contribution in [0.1, 0.15) is 93.5 Å². The lowest BCUT2D eigenvalue weighted by molar-refractivity contribution is 0.396. The molecule has 210 valence electrons. The van der Waals surface area contributed by atoms with Gasteiger partial charge >= 0.3 is 0 Å². The van der Waals surface area contributed by atoms with E-state index in [1.54, 1.807) is 0 Å². The van der Waals surface area contributed by atoms with E-state index in [4.69, 9.17) is 0 Å². The van der Waals surface area contributed by atoms with Crippen molar-refractivity contribution in [2.75, 3.05) is 10.6 Å². The number of para-hydroxylation sites is 2. The summed E-state index contributed by atoms with van der Waals surface area (Å²) >= 11 is 0. The molecule has 0 heterocycles. The lowest BCUT2D eigenvalue weighted by Crippen LogP contribution is -2.22. The van der Waals surface area contributed by atoms with Gasteiger partial charge in [-0.1, -0.05) is 107 Å². The summed E-state index contributed by atoms with van der Waals surface area (Å²) in [5.74, 6) is 0.590. The van der Waals surface area contributed by atoms with Crippen molar-refractivity contribution in [1.29, 1.82) is 0 Å². The lowest BCUT2D eigenvalue weighted by atomic mass is 9.74. The van der Waals surface area contributed by atoms with Crippen molar-refractivity contribution in [2.45, 2.75) is 91.4 Å². The van der Waals surface area contributed by atoms with E-state index in [0.29, 0.717) is 5.92 Å². The van der Waals surface area contributed by atoms with Crippen molar-refractivity contribution in [3.63, 3.8) is 0 Å². The maximum atomic E-state index is 3.74. The van der Waals surface area contributed by atoms with Gasteiger partial charge in [0.15, 0.2) is 0 Å². The molecule has 0 spiro atoms. The van der Waals surface area contributed by atoms with Gasteiger partial charge in [0.25, 0.3) is 0 Å². The summed E-state index contributed by atoms with van der Waals surface area (Å²) in [5.41, 5.74) is 11.6. The molecule has 2 nitrogen and oxygen atoms in total. The highest BCUT2D eigenvalue weighted by Crippen LogP contribution is 2.35. The van der Waals surface area contributed by atoms with Gasteiger partial charge in [0, 0.05) is 11.4 Å². The van der Waals surface area contributed by atoms with Crippen LogP contribution in [0.4, 0.5) is 22.7 Å². The molecule has 0 aliphatic heterocycles. The smallest absolute Gasteiger partial charge is 0.0623 e. The van der Waals surface area contributed by atoms with Crippen molar-refractivity contribution in [1.82, 2.24) is 0 Å². The molecule has 0 aliphatic rings. The minimum atomic E-state index is 0.208. The minimum Gasteiger partial charge on any atom is -0.354 e. The molecule has 2 N–H and O–H groups in total. The second-order valence-electron chi connectivity index (χ2n) is 11.9. The Hall–Kier alpha value is -3.52. The quantitative estimate of drug-likeness (QED) is 0.179. The van der Waals surface area contributed by atoms with Crippen LogP contribution in [0.15, 0.2) is 91.0 Å². The Morgan fingerprint density at radius 2 is 1.30 bits per heavy atom. The van der Waals surface area contributed by atoms with Crippen molar-refractivity contribution < 1.29 is 0 Å². The zero-order valence-corrected chi connectivity index (χ0v) is 25.5. The second kappa shape index (κ2) is 13.7. The molecule has 0 fully saturated rings. The van der Waals surface area contributed by atoms with E-state index in [9.17, 15) is 0 Å². The van der Waals surface area contributed by atoms with Gasteiger partial charge in [-0.2, -0.15) is 0 Å². The molecule has 0 saturated heterocycles. The molecule has 0 aromatic heterocycles. The first kappa shape index (κ1) is 29.5. The third kappa shape index (κ3) is 7.36. The van der Waals surface area contributed by atoms with E-state index in [0.717, 1.165) is 29.9 Å². The van der Waals surface area contributed by atoms with Gasteiger partial charge in [-0.05, 0) is 103 Å². The molecule has 4 aromatic carbocycles. The molecule has 0 saturated carbocycles. The van der Waals surface area contributed by atoms with Crippen molar-refractivity contribution in [3.8, 4) is 0 Å². The van der Waals surface area contributed by atoms with Gasteiger partial charge in [-0.25, -0.2) is 0 Å². The van der Waals surface area contributed by atoms with Crippen molar-refractivity contribution in [2.24, 2.45) is 0 Å². The van der Waals surface area contributed by atoms with Crippen LogP contribution in [0.2, 0.25) is 0 Å². The Morgan fingerprint density at radius 1 is 0.700 bits per heavy atom. The van der Waals surface area contributed by atoms with Crippen LogP contribution in [0.25, 0.3) is 0 Å². The topological polar surface area (TPSA) is 24.1 Å². The summed E-state index contributed by atoms with van der Waals surface area (Å²) in [6, 6.07) is 33.2. The molecular weight excluding hydrogens is 484 g/mol. The zero-order chi connectivity index (χ0) is 28.5. The van der Waals surface area contributed by atoms with E-state index >= 15 is 0 Å². The lowest BCUT2D eigenvalue weighted by Gasteiger charge is -2.30. The third-order valence-corrected chi connectivity index (χ3v) is 8.50. The Balaban J connectivity index is 1.45. The standard InChI is InChI=1S/C38H48N2/c1-7-14-28(3)32-26-29(4)37(30(5)27-32)40-36-18-13-12-17-35(36)39-34-21-19-31(20-22-34)23-25-38(6,24-8-2)33-15-10-9-11-16-33/h9-13,15-22,26-28,39-40H,7-8,14,23-25H2,1-6H3. The molecule has 40 heavy (non-hydrogen) atoms. The maximum absolute atomic E-state index is 3.74. The molecule has 4 aromatic rings. The highest BCUT2D eigenvalue weighted by Gasteiger charge is 2.25. The summed E-state index contributed by atoms with van der Waals surface area (Å²) in [5, 5.41) is 7.40. The molecule has 0 amide bonds. The molecule has 4 rings (SSSR count). The number of aryl methyl sites for hydroxylation is 3. The number of rotatable bonds is 13. The molecule has 2 unspecified atom stereocenters. The monoisotopic (exact) mass is 532 g/mol. The van der Waals surface area contributed by atoms with E-state index < -0.39 is 0 Å². The predicted molar refractivity (Wildman–Crippen MR) is 176 cm³/mol. The van der Waals surface area contributed by atoms with Gasteiger partial charge in [0.05, 0.1) is 11.4 Å². The fourth-order valence-electron chi connectivity index (χ4n) is 6.05. The van der Waals surface area contributed by atoms with Crippen LogP contribution in [0, 0.1) is 13.8 Å². The van der Waals surface area contributed by atoms with Crippen LogP contribution in [0.5, 0.6) is 0 Å². The number of nitrogens with one attached hydrogen (secondary N) is 2. The number of anilines is 4. The van der Waals surface area contributed by atoms with Crippen molar-refractivity contribution in [3.05, 3.63) is 119 Å². The Kier molecular flexibility index (Phi) is 10.1. The van der Waals surface area contributed by atoms with Gasteiger partial charge in [-0.3, -0.25) is 0 Å². The molecule has 2 atom stereocenters. The number of hydrogen-bond donors (Lipinski definition) is 2. The van der Waals surface area contributed by atoms with E-state index in [-0.39, 0.29) is 5.41 Å². The van der Waals surface area contributed by atoms with Gasteiger partial charge < -0.3 is 10.6 Å². The average Bonchev–Trinajstić information content (AvgIpc) is 2.96.